The monoisotopic (exact) mass is 303 g/mol. The first kappa shape index (κ1) is 16.1. The quantitative estimate of drug-likeness (QED) is 0.795. The molecule has 1 atom stereocenters. The second-order valence-corrected chi connectivity index (χ2v) is 6.64. The lowest BCUT2D eigenvalue weighted by Gasteiger charge is -2.12. The van der Waals surface area contributed by atoms with Gasteiger partial charge in [0.1, 0.15) is 5.82 Å². The van der Waals surface area contributed by atoms with Crippen LogP contribution in [0.4, 0.5) is 4.39 Å². The molecule has 112 valence electrons. The van der Waals surface area contributed by atoms with E-state index < -0.39 is 0 Å². The third kappa shape index (κ3) is 4.08. The van der Waals surface area contributed by atoms with E-state index in [4.69, 9.17) is 0 Å². The molecule has 0 radical (unpaired) electrons. The van der Waals surface area contributed by atoms with Gasteiger partial charge in [0.05, 0.1) is 0 Å². The lowest BCUT2D eigenvalue weighted by molar-refractivity contribution is 0.587. The molecule has 0 aliphatic rings. The summed E-state index contributed by atoms with van der Waals surface area (Å²) in [7, 11) is 1.88. The van der Waals surface area contributed by atoms with Gasteiger partial charge in [0.2, 0.25) is 0 Å². The van der Waals surface area contributed by atoms with Crippen molar-refractivity contribution in [2.24, 2.45) is 0 Å². The molecule has 0 aliphatic heterocycles. The van der Waals surface area contributed by atoms with Crippen LogP contribution in [0.25, 0.3) is 0 Å². The highest BCUT2D eigenvalue weighted by Crippen LogP contribution is 2.32. The summed E-state index contributed by atoms with van der Waals surface area (Å²) >= 11 is 1.47. The zero-order chi connectivity index (χ0) is 15.4. The first-order chi connectivity index (χ1) is 10.0. The first-order valence-corrected chi connectivity index (χ1v) is 8.07. The molecule has 2 aromatic carbocycles. The zero-order valence-electron chi connectivity index (χ0n) is 13.0. The summed E-state index contributed by atoms with van der Waals surface area (Å²) in [5.41, 5.74) is 2.27. The molecular formula is C18H22FNS. The minimum atomic E-state index is -0.160. The Morgan fingerprint density at radius 2 is 1.57 bits per heavy atom. The largest absolute Gasteiger partial charge is 0.313 e. The molecule has 0 fully saturated rings. The van der Waals surface area contributed by atoms with Crippen molar-refractivity contribution in [1.29, 1.82) is 0 Å². The fourth-order valence-electron chi connectivity index (χ4n) is 2.08. The number of halogens is 1. The van der Waals surface area contributed by atoms with Gasteiger partial charge in [-0.1, -0.05) is 43.8 Å². The van der Waals surface area contributed by atoms with Gasteiger partial charge in [-0.05, 0) is 55.3 Å². The summed E-state index contributed by atoms with van der Waals surface area (Å²) in [5, 5.41) is 3.12. The van der Waals surface area contributed by atoms with E-state index in [1.54, 1.807) is 6.07 Å². The van der Waals surface area contributed by atoms with Gasteiger partial charge in [-0.2, -0.15) is 0 Å². The van der Waals surface area contributed by atoms with Crippen LogP contribution < -0.4 is 5.32 Å². The van der Waals surface area contributed by atoms with Gasteiger partial charge in [-0.3, -0.25) is 0 Å². The van der Waals surface area contributed by atoms with Gasteiger partial charge in [0.15, 0.2) is 0 Å². The van der Waals surface area contributed by atoms with Gasteiger partial charge < -0.3 is 5.32 Å². The smallest absolute Gasteiger partial charge is 0.137 e. The maximum atomic E-state index is 14.2. The molecule has 0 amide bonds. The maximum absolute atomic E-state index is 14.2. The van der Waals surface area contributed by atoms with Crippen LogP contribution in [-0.2, 0) is 0 Å². The minimum absolute atomic E-state index is 0.156. The van der Waals surface area contributed by atoms with Gasteiger partial charge in [-0.15, -0.1) is 0 Å². The molecule has 0 heterocycles. The van der Waals surface area contributed by atoms with E-state index in [0.717, 1.165) is 10.5 Å². The predicted molar refractivity (Wildman–Crippen MR) is 88.5 cm³/mol. The Bertz CT molecular complexity index is 593. The number of rotatable bonds is 5. The Morgan fingerprint density at radius 3 is 2.10 bits per heavy atom. The van der Waals surface area contributed by atoms with Crippen molar-refractivity contribution in [2.75, 3.05) is 7.05 Å². The molecular weight excluding hydrogens is 281 g/mol. The van der Waals surface area contributed by atoms with Crippen LogP contribution in [0.15, 0.2) is 52.3 Å². The number of hydrogen-bond donors (Lipinski definition) is 1. The molecule has 2 rings (SSSR count). The first-order valence-electron chi connectivity index (χ1n) is 7.25. The summed E-state index contributed by atoms with van der Waals surface area (Å²) < 4.78 is 14.2. The average molecular weight is 303 g/mol. The fourth-order valence-corrected chi connectivity index (χ4v) is 2.90. The van der Waals surface area contributed by atoms with Crippen LogP contribution >= 0.6 is 11.8 Å². The third-order valence-corrected chi connectivity index (χ3v) is 4.72. The summed E-state index contributed by atoms with van der Waals surface area (Å²) in [4.78, 5) is 1.73. The molecule has 0 unspecified atom stereocenters. The molecule has 1 nitrogen and oxygen atoms in total. The fraction of sp³-hybridized carbons (Fsp3) is 0.333. The molecule has 0 saturated heterocycles. The van der Waals surface area contributed by atoms with E-state index in [1.807, 2.05) is 26.1 Å². The van der Waals surface area contributed by atoms with Crippen molar-refractivity contribution in [3.05, 3.63) is 59.4 Å². The van der Waals surface area contributed by atoms with Crippen molar-refractivity contribution in [3.63, 3.8) is 0 Å². The number of hydrogen-bond acceptors (Lipinski definition) is 2. The van der Waals surface area contributed by atoms with E-state index in [1.165, 1.54) is 17.3 Å². The van der Waals surface area contributed by atoms with Crippen LogP contribution in [-0.4, -0.2) is 7.05 Å². The highest BCUT2D eigenvalue weighted by Gasteiger charge is 2.09. The van der Waals surface area contributed by atoms with Crippen LogP contribution in [0.3, 0.4) is 0 Å². The van der Waals surface area contributed by atoms with Crippen molar-refractivity contribution >= 4 is 11.8 Å². The van der Waals surface area contributed by atoms with E-state index in [9.17, 15) is 4.39 Å². The van der Waals surface area contributed by atoms with Gasteiger partial charge in [0, 0.05) is 15.8 Å². The Morgan fingerprint density at radius 1 is 0.952 bits per heavy atom. The Hall–Kier alpha value is -1.32. The van der Waals surface area contributed by atoms with E-state index in [-0.39, 0.29) is 11.9 Å². The van der Waals surface area contributed by atoms with Crippen molar-refractivity contribution in [3.8, 4) is 0 Å². The standard InChI is InChI=1S/C18H22FNS/c1-12(2)14-5-8-16(9-6-14)21-18-10-7-15(11-17(18)19)13(3)20-4/h5-13,20H,1-4H3/t13-/m1/s1. The zero-order valence-corrected chi connectivity index (χ0v) is 13.8. The van der Waals surface area contributed by atoms with Gasteiger partial charge in [-0.25, -0.2) is 4.39 Å². The Balaban J connectivity index is 2.16. The van der Waals surface area contributed by atoms with Gasteiger partial charge in [0.25, 0.3) is 0 Å². The summed E-state index contributed by atoms with van der Waals surface area (Å²) in [6, 6.07) is 14.0. The normalized spacial score (nSPS) is 12.7. The predicted octanol–water partition coefficient (Wildman–Crippen LogP) is 5.38. The molecule has 0 spiro atoms. The summed E-state index contributed by atoms with van der Waals surface area (Å²) in [6.45, 7) is 6.36. The van der Waals surface area contributed by atoms with E-state index in [0.29, 0.717) is 10.8 Å². The molecule has 0 aromatic heterocycles. The molecule has 1 N–H and O–H groups in total. The van der Waals surface area contributed by atoms with Crippen LogP contribution in [0, 0.1) is 5.82 Å². The van der Waals surface area contributed by atoms with Crippen molar-refractivity contribution < 1.29 is 4.39 Å². The van der Waals surface area contributed by atoms with Crippen molar-refractivity contribution in [1.82, 2.24) is 5.32 Å². The van der Waals surface area contributed by atoms with E-state index >= 15 is 0 Å². The topological polar surface area (TPSA) is 12.0 Å². The second-order valence-electron chi connectivity index (χ2n) is 5.53. The minimum Gasteiger partial charge on any atom is -0.313 e. The molecule has 0 bridgehead atoms. The molecule has 0 aliphatic carbocycles. The summed E-state index contributed by atoms with van der Waals surface area (Å²) in [5.74, 6) is 0.357. The summed E-state index contributed by atoms with van der Waals surface area (Å²) in [6.07, 6.45) is 0. The third-order valence-electron chi connectivity index (χ3n) is 3.66. The highest BCUT2D eigenvalue weighted by atomic mass is 32.2. The van der Waals surface area contributed by atoms with Gasteiger partial charge >= 0.3 is 0 Å². The number of benzene rings is 2. The second kappa shape index (κ2) is 7.10. The average Bonchev–Trinajstić information content (AvgIpc) is 2.49. The molecule has 2 aromatic rings. The van der Waals surface area contributed by atoms with Crippen molar-refractivity contribution in [2.45, 2.75) is 42.5 Å². The molecule has 3 heteroatoms. The Kier molecular flexibility index (Phi) is 5.43. The maximum Gasteiger partial charge on any atom is 0.137 e. The lowest BCUT2D eigenvalue weighted by Crippen LogP contribution is -2.12. The number of nitrogens with one attached hydrogen (secondary N) is 1. The van der Waals surface area contributed by atoms with E-state index in [2.05, 4.69) is 43.4 Å². The molecule has 21 heavy (non-hydrogen) atoms. The lowest BCUT2D eigenvalue weighted by atomic mass is 10.0. The molecule has 0 saturated carbocycles. The van der Waals surface area contributed by atoms with Crippen LogP contribution in [0.5, 0.6) is 0 Å². The Labute approximate surface area is 131 Å². The van der Waals surface area contributed by atoms with Crippen LogP contribution in [0.2, 0.25) is 0 Å². The highest BCUT2D eigenvalue weighted by molar-refractivity contribution is 7.99. The SMILES string of the molecule is CN[C@H](C)c1ccc(Sc2ccc(C(C)C)cc2)c(F)c1. The van der Waals surface area contributed by atoms with Crippen LogP contribution in [0.1, 0.15) is 43.9 Å².